The van der Waals surface area contributed by atoms with Crippen LogP contribution >= 0.6 is 11.8 Å². The average Bonchev–Trinajstić information content (AvgIpc) is 2.96. The monoisotopic (exact) mass is 326 g/mol. The highest BCUT2D eigenvalue weighted by molar-refractivity contribution is 7.98. The first-order valence-electron chi connectivity index (χ1n) is 7.74. The molecule has 4 rings (SSSR count). The summed E-state index contributed by atoms with van der Waals surface area (Å²) in [6.45, 7) is 0. The van der Waals surface area contributed by atoms with Gasteiger partial charge in [-0.25, -0.2) is 0 Å². The normalized spacial score (nSPS) is 14.1. The van der Waals surface area contributed by atoms with Gasteiger partial charge in [0, 0.05) is 16.2 Å². The molecule has 5 nitrogen and oxygen atoms in total. The predicted molar refractivity (Wildman–Crippen MR) is 93.3 cm³/mol. The van der Waals surface area contributed by atoms with Crippen LogP contribution in [0.3, 0.4) is 0 Å². The van der Waals surface area contributed by atoms with Gasteiger partial charge in [0.25, 0.3) is 0 Å². The highest BCUT2D eigenvalue weighted by Crippen LogP contribution is 2.32. The molecule has 0 unspecified atom stereocenters. The Kier molecular flexibility index (Phi) is 3.61. The van der Waals surface area contributed by atoms with Crippen molar-refractivity contribution >= 4 is 34.6 Å². The number of benzene rings is 1. The summed E-state index contributed by atoms with van der Waals surface area (Å²) in [5, 5.41) is 0.768. The smallest absolute Gasteiger partial charge is 0.233 e. The van der Waals surface area contributed by atoms with E-state index in [-0.39, 0.29) is 5.95 Å². The third kappa shape index (κ3) is 2.74. The first-order chi connectivity index (χ1) is 11.2. The highest BCUT2D eigenvalue weighted by atomic mass is 32.2. The van der Waals surface area contributed by atoms with Gasteiger partial charge in [-0.05, 0) is 48.9 Å². The lowest BCUT2D eigenvalue weighted by Gasteiger charge is -2.16. The molecule has 0 fully saturated rings. The van der Waals surface area contributed by atoms with Gasteiger partial charge in [0.15, 0.2) is 0 Å². The van der Waals surface area contributed by atoms with Crippen LogP contribution in [-0.4, -0.2) is 9.97 Å². The minimum atomic E-state index is 0.137. The largest absolute Gasteiger partial charge is 0.446 e. The fourth-order valence-electron chi connectivity index (χ4n) is 3.11. The van der Waals surface area contributed by atoms with E-state index >= 15 is 0 Å². The van der Waals surface area contributed by atoms with E-state index in [1.807, 2.05) is 0 Å². The van der Waals surface area contributed by atoms with Crippen molar-refractivity contribution in [2.75, 3.05) is 11.5 Å². The van der Waals surface area contributed by atoms with Gasteiger partial charge in [0.05, 0.1) is 11.6 Å². The van der Waals surface area contributed by atoms with E-state index in [9.17, 15) is 0 Å². The lowest BCUT2D eigenvalue weighted by Crippen LogP contribution is -2.02. The number of rotatable bonds is 3. The summed E-state index contributed by atoms with van der Waals surface area (Å²) in [6, 6.07) is 6.79. The topological polar surface area (TPSA) is 91.0 Å². The molecule has 1 aliphatic carbocycles. The molecule has 0 saturated heterocycles. The Morgan fingerprint density at radius 1 is 1.09 bits per heavy atom. The molecule has 1 aromatic carbocycles. The molecule has 2 aromatic heterocycles. The van der Waals surface area contributed by atoms with Crippen LogP contribution in [0.1, 0.15) is 29.5 Å². The standard InChI is InChI=1S/C17H18N4OS/c18-15-14-12(8-22-16(14)21-17(19)20-15)9-23-13-6-5-10-3-1-2-4-11(10)7-13/h5-8H,1-4,9H2,(H4,18,19,20,21). The second-order valence-electron chi connectivity index (χ2n) is 5.83. The molecule has 118 valence electrons. The molecule has 1 aliphatic rings. The number of anilines is 2. The Morgan fingerprint density at radius 2 is 1.91 bits per heavy atom. The van der Waals surface area contributed by atoms with Gasteiger partial charge < -0.3 is 15.9 Å². The molecule has 3 aromatic rings. The Balaban J connectivity index is 1.57. The molecular weight excluding hydrogens is 308 g/mol. The van der Waals surface area contributed by atoms with Gasteiger partial charge in [-0.2, -0.15) is 9.97 Å². The van der Waals surface area contributed by atoms with E-state index in [0.717, 1.165) is 16.7 Å². The number of furan rings is 1. The SMILES string of the molecule is Nc1nc(N)c2c(CSc3ccc4c(c3)CCCC4)coc2n1. The van der Waals surface area contributed by atoms with Crippen molar-refractivity contribution in [3.63, 3.8) is 0 Å². The van der Waals surface area contributed by atoms with E-state index in [0.29, 0.717) is 11.5 Å². The van der Waals surface area contributed by atoms with E-state index in [2.05, 4.69) is 28.2 Å². The number of fused-ring (bicyclic) bond motifs is 2. The van der Waals surface area contributed by atoms with E-state index in [1.54, 1.807) is 18.0 Å². The van der Waals surface area contributed by atoms with Crippen LogP contribution in [-0.2, 0) is 18.6 Å². The van der Waals surface area contributed by atoms with Gasteiger partial charge in [0.1, 0.15) is 5.82 Å². The van der Waals surface area contributed by atoms with Crippen molar-refractivity contribution in [1.82, 2.24) is 9.97 Å². The number of hydrogen-bond donors (Lipinski definition) is 2. The molecule has 0 atom stereocenters. The Morgan fingerprint density at radius 3 is 2.78 bits per heavy atom. The van der Waals surface area contributed by atoms with Crippen LogP contribution in [0.15, 0.2) is 33.8 Å². The third-order valence-electron chi connectivity index (χ3n) is 4.27. The lowest BCUT2D eigenvalue weighted by atomic mass is 9.92. The molecule has 0 amide bonds. The number of nitrogens with two attached hydrogens (primary N) is 2. The van der Waals surface area contributed by atoms with E-state index in [4.69, 9.17) is 15.9 Å². The molecule has 2 heterocycles. The van der Waals surface area contributed by atoms with Gasteiger partial charge in [-0.3, -0.25) is 0 Å². The maximum atomic E-state index is 5.96. The van der Waals surface area contributed by atoms with Gasteiger partial charge in [-0.1, -0.05) is 6.07 Å². The summed E-state index contributed by atoms with van der Waals surface area (Å²) >= 11 is 1.78. The molecule has 6 heteroatoms. The van der Waals surface area contributed by atoms with Crippen LogP contribution in [0.5, 0.6) is 0 Å². The summed E-state index contributed by atoms with van der Waals surface area (Å²) in [7, 11) is 0. The molecule has 4 N–H and O–H groups in total. The zero-order chi connectivity index (χ0) is 15.8. The van der Waals surface area contributed by atoms with Crippen LogP contribution in [0.2, 0.25) is 0 Å². The van der Waals surface area contributed by atoms with Gasteiger partial charge in [-0.15, -0.1) is 11.8 Å². The van der Waals surface area contributed by atoms with E-state index in [1.165, 1.54) is 41.7 Å². The zero-order valence-electron chi connectivity index (χ0n) is 12.7. The van der Waals surface area contributed by atoms with Crippen molar-refractivity contribution < 1.29 is 4.42 Å². The van der Waals surface area contributed by atoms with Crippen LogP contribution < -0.4 is 11.5 Å². The third-order valence-corrected chi connectivity index (χ3v) is 5.31. The second-order valence-corrected chi connectivity index (χ2v) is 6.88. The molecular formula is C17H18N4OS. The molecule has 0 aliphatic heterocycles. The molecule has 23 heavy (non-hydrogen) atoms. The van der Waals surface area contributed by atoms with E-state index < -0.39 is 0 Å². The van der Waals surface area contributed by atoms with Gasteiger partial charge >= 0.3 is 0 Å². The zero-order valence-corrected chi connectivity index (χ0v) is 13.5. The predicted octanol–water partition coefficient (Wildman–Crippen LogP) is 3.56. The first-order valence-corrected chi connectivity index (χ1v) is 8.73. The Bertz CT molecular complexity index is 874. The number of nitrogen functional groups attached to an aromatic ring is 2. The molecule has 0 radical (unpaired) electrons. The van der Waals surface area contributed by atoms with Crippen LogP contribution in [0, 0.1) is 0 Å². The van der Waals surface area contributed by atoms with Crippen molar-refractivity contribution in [3.05, 3.63) is 41.2 Å². The summed E-state index contributed by atoms with van der Waals surface area (Å²) in [5.41, 5.74) is 16.0. The number of thioether (sulfide) groups is 1. The van der Waals surface area contributed by atoms with Crippen LogP contribution in [0.4, 0.5) is 11.8 Å². The maximum absolute atomic E-state index is 5.96. The summed E-state index contributed by atoms with van der Waals surface area (Å²) in [6.07, 6.45) is 6.70. The number of nitrogens with zero attached hydrogens (tertiary/aromatic N) is 2. The van der Waals surface area contributed by atoms with Crippen molar-refractivity contribution in [1.29, 1.82) is 0 Å². The fourth-order valence-corrected chi connectivity index (χ4v) is 4.04. The number of hydrogen-bond acceptors (Lipinski definition) is 6. The average molecular weight is 326 g/mol. The van der Waals surface area contributed by atoms with Crippen LogP contribution in [0.25, 0.3) is 11.1 Å². The first kappa shape index (κ1) is 14.4. The summed E-state index contributed by atoms with van der Waals surface area (Å²) in [4.78, 5) is 9.38. The molecule has 0 bridgehead atoms. The maximum Gasteiger partial charge on any atom is 0.233 e. The fraction of sp³-hybridized carbons (Fsp3) is 0.294. The van der Waals surface area contributed by atoms with Gasteiger partial charge in [0.2, 0.25) is 11.7 Å². The minimum absolute atomic E-state index is 0.137. The second kappa shape index (κ2) is 5.77. The highest BCUT2D eigenvalue weighted by Gasteiger charge is 2.14. The summed E-state index contributed by atoms with van der Waals surface area (Å²) < 4.78 is 5.47. The quantitative estimate of drug-likeness (QED) is 0.715. The number of aromatic nitrogens is 2. The lowest BCUT2D eigenvalue weighted by molar-refractivity contribution is 0.600. The van der Waals surface area contributed by atoms with Crippen molar-refractivity contribution in [2.24, 2.45) is 0 Å². The van der Waals surface area contributed by atoms with Crippen molar-refractivity contribution in [3.8, 4) is 0 Å². The molecule has 0 saturated carbocycles. The minimum Gasteiger partial charge on any atom is -0.446 e. The number of aryl methyl sites for hydroxylation is 2. The Hall–Kier alpha value is -2.21. The summed E-state index contributed by atoms with van der Waals surface area (Å²) in [5.74, 6) is 1.28. The van der Waals surface area contributed by atoms with Crippen molar-refractivity contribution in [2.45, 2.75) is 36.3 Å². The molecule has 0 spiro atoms. The Labute approximate surface area is 138 Å².